The van der Waals surface area contributed by atoms with E-state index < -0.39 is 0 Å². The Labute approximate surface area is 151 Å². The third-order valence-electron chi connectivity index (χ3n) is 4.88. The summed E-state index contributed by atoms with van der Waals surface area (Å²) >= 11 is 0. The van der Waals surface area contributed by atoms with E-state index in [1.54, 1.807) is 0 Å². The van der Waals surface area contributed by atoms with E-state index in [2.05, 4.69) is 67.4 Å². The van der Waals surface area contributed by atoms with Crippen molar-refractivity contribution in [3.63, 3.8) is 0 Å². The molecule has 25 heavy (non-hydrogen) atoms. The lowest BCUT2D eigenvalue weighted by Crippen LogP contribution is -2.32. The summed E-state index contributed by atoms with van der Waals surface area (Å²) in [5.41, 5.74) is 2.30. The van der Waals surface area contributed by atoms with E-state index in [4.69, 9.17) is 9.97 Å². The van der Waals surface area contributed by atoms with Crippen molar-refractivity contribution in [3.05, 3.63) is 47.7 Å². The highest BCUT2D eigenvalue weighted by atomic mass is 15.3. The highest BCUT2D eigenvalue weighted by Crippen LogP contribution is 2.23. The van der Waals surface area contributed by atoms with Gasteiger partial charge in [0.2, 0.25) is 5.95 Å². The van der Waals surface area contributed by atoms with Crippen molar-refractivity contribution >= 4 is 11.8 Å². The first-order chi connectivity index (χ1) is 12.1. The number of rotatable bonds is 6. The van der Waals surface area contributed by atoms with Crippen LogP contribution in [0.25, 0.3) is 0 Å². The minimum atomic E-state index is 0.338. The third kappa shape index (κ3) is 4.94. The lowest BCUT2D eigenvalue weighted by Gasteiger charge is -2.28. The Morgan fingerprint density at radius 1 is 1.08 bits per heavy atom. The van der Waals surface area contributed by atoms with Crippen LogP contribution in [0.4, 0.5) is 11.8 Å². The van der Waals surface area contributed by atoms with Crippen LogP contribution in [-0.4, -0.2) is 22.1 Å². The second-order valence-corrected chi connectivity index (χ2v) is 7.38. The van der Waals surface area contributed by atoms with Crippen molar-refractivity contribution < 1.29 is 0 Å². The smallest absolute Gasteiger partial charge is 0.228 e. The van der Waals surface area contributed by atoms with Gasteiger partial charge in [0.1, 0.15) is 5.82 Å². The van der Waals surface area contributed by atoms with Gasteiger partial charge < -0.3 is 10.2 Å². The molecule has 1 aromatic heterocycles. The summed E-state index contributed by atoms with van der Waals surface area (Å²) in [5, 5.41) is 3.64. The fourth-order valence-electron chi connectivity index (χ4n) is 3.48. The Morgan fingerprint density at radius 2 is 1.80 bits per heavy atom. The molecule has 1 aromatic carbocycles. The summed E-state index contributed by atoms with van der Waals surface area (Å²) < 4.78 is 0. The Bertz CT molecular complexity index is 663. The molecule has 0 saturated heterocycles. The first-order valence-electron chi connectivity index (χ1n) is 9.54. The first-order valence-corrected chi connectivity index (χ1v) is 9.54. The number of anilines is 2. The van der Waals surface area contributed by atoms with Gasteiger partial charge in [0.25, 0.3) is 0 Å². The van der Waals surface area contributed by atoms with Crippen molar-refractivity contribution in [2.75, 3.05) is 10.2 Å². The van der Waals surface area contributed by atoms with E-state index in [1.165, 1.54) is 37.7 Å². The molecule has 3 rings (SSSR count). The zero-order valence-corrected chi connectivity index (χ0v) is 15.7. The fraction of sp³-hybridized carbons (Fsp3) is 0.524. The normalized spacial score (nSPS) is 15.4. The minimum absolute atomic E-state index is 0.338. The standard InChI is InChI=1S/C21H30N4/c1-16(2)25(15-18-10-6-4-7-11-18)21-22-17(3)14-20(24-21)23-19-12-8-5-9-13-19/h4,6-7,10-11,14,16,19H,5,8-9,12-13,15H2,1-3H3,(H,22,23,24). The second-order valence-electron chi connectivity index (χ2n) is 7.38. The maximum absolute atomic E-state index is 4.85. The van der Waals surface area contributed by atoms with Gasteiger partial charge in [-0.15, -0.1) is 0 Å². The Morgan fingerprint density at radius 3 is 2.48 bits per heavy atom. The van der Waals surface area contributed by atoms with E-state index in [0.717, 1.165) is 24.0 Å². The number of benzene rings is 1. The molecule has 0 amide bonds. The monoisotopic (exact) mass is 338 g/mol. The summed E-state index contributed by atoms with van der Waals surface area (Å²) in [6, 6.07) is 13.5. The summed E-state index contributed by atoms with van der Waals surface area (Å²) in [4.78, 5) is 11.8. The number of aryl methyl sites for hydroxylation is 1. The van der Waals surface area contributed by atoms with Gasteiger partial charge in [0, 0.05) is 30.4 Å². The number of hydrogen-bond acceptors (Lipinski definition) is 4. The molecule has 1 fully saturated rings. The van der Waals surface area contributed by atoms with Crippen molar-refractivity contribution in [1.29, 1.82) is 0 Å². The molecule has 0 radical (unpaired) electrons. The van der Waals surface area contributed by atoms with Crippen molar-refractivity contribution in [2.45, 2.75) is 71.5 Å². The predicted molar refractivity (Wildman–Crippen MR) is 105 cm³/mol. The average molecular weight is 338 g/mol. The van der Waals surface area contributed by atoms with Gasteiger partial charge >= 0.3 is 0 Å². The molecule has 4 nitrogen and oxygen atoms in total. The van der Waals surface area contributed by atoms with Crippen molar-refractivity contribution in [3.8, 4) is 0 Å². The van der Waals surface area contributed by atoms with Gasteiger partial charge in [-0.1, -0.05) is 49.6 Å². The van der Waals surface area contributed by atoms with Gasteiger partial charge in [-0.05, 0) is 39.2 Å². The van der Waals surface area contributed by atoms with E-state index in [9.17, 15) is 0 Å². The first kappa shape index (κ1) is 17.7. The molecule has 2 aromatic rings. The van der Waals surface area contributed by atoms with E-state index in [-0.39, 0.29) is 0 Å². The lowest BCUT2D eigenvalue weighted by atomic mass is 9.95. The molecule has 0 bridgehead atoms. The predicted octanol–water partition coefficient (Wildman–Crippen LogP) is 4.94. The molecule has 134 valence electrons. The van der Waals surface area contributed by atoms with Crippen LogP contribution in [0.2, 0.25) is 0 Å². The quantitative estimate of drug-likeness (QED) is 0.809. The number of aromatic nitrogens is 2. The van der Waals surface area contributed by atoms with Crippen LogP contribution >= 0.6 is 0 Å². The molecule has 1 saturated carbocycles. The van der Waals surface area contributed by atoms with E-state index in [0.29, 0.717) is 12.1 Å². The molecule has 0 aliphatic heterocycles. The van der Waals surface area contributed by atoms with E-state index >= 15 is 0 Å². The number of nitrogens with zero attached hydrogens (tertiary/aromatic N) is 3. The lowest BCUT2D eigenvalue weighted by molar-refractivity contribution is 0.461. The molecule has 1 heterocycles. The molecule has 1 N–H and O–H groups in total. The zero-order valence-electron chi connectivity index (χ0n) is 15.7. The second kappa shape index (κ2) is 8.32. The maximum Gasteiger partial charge on any atom is 0.228 e. The Kier molecular flexibility index (Phi) is 5.90. The summed E-state index contributed by atoms with van der Waals surface area (Å²) in [6.07, 6.45) is 6.50. The van der Waals surface area contributed by atoms with Crippen LogP contribution in [0, 0.1) is 6.92 Å². The Hall–Kier alpha value is -2.10. The maximum atomic E-state index is 4.85. The van der Waals surface area contributed by atoms with Crippen LogP contribution in [-0.2, 0) is 6.54 Å². The van der Waals surface area contributed by atoms with Gasteiger partial charge in [-0.3, -0.25) is 0 Å². The number of nitrogens with one attached hydrogen (secondary N) is 1. The van der Waals surface area contributed by atoms with Crippen molar-refractivity contribution in [1.82, 2.24) is 9.97 Å². The highest BCUT2D eigenvalue weighted by molar-refractivity contribution is 5.45. The fourth-order valence-corrected chi connectivity index (χ4v) is 3.48. The molecule has 1 aliphatic carbocycles. The topological polar surface area (TPSA) is 41.1 Å². The van der Waals surface area contributed by atoms with Crippen LogP contribution in [0.1, 0.15) is 57.2 Å². The van der Waals surface area contributed by atoms with E-state index in [1.807, 2.05) is 0 Å². The van der Waals surface area contributed by atoms with Crippen LogP contribution in [0.5, 0.6) is 0 Å². The van der Waals surface area contributed by atoms with Crippen molar-refractivity contribution in [2.24, 2.45) is 0 Å². The summed E-state index contributed by atoms with van der Waals surface area (Å²) in [7, 11) is 0. The third-order valence-corrected chi connectivity index (χ3v) is 4.88. The highest BCUT2D eigenvalue weighted by Gasteiger charge is 2.18. The van der Waals surface area contributed by atoms with Crippen LogP contribution in [0.3, 0.4) is 0 Å². The minimum Gasteiger partial charge on any atom is -0.367 e. The summed E-state index contributed by atoms with van der Waals surface area (Å²) in [6.45, 7) is 7.27. The molecule has 0 unspecified atom stereocenters. The Balaban J connectivity index is 1.80. The number of hydrogen-bond donors (Lipinski definition) is 1. The largest absolute Gasteiger partial charge is 0.367 e. The molecular formula is C21H30N4. The molecule has 1 aliphatic rings. The average Bonchev–Trinajstić information content (AvgIpc) is 2.60. The molecular weight excluding hydrogens is 308 g/mol. The van der Waals surface area contributed by atoms with Gasteiger partial charge in [0.05, 0.1) is 0 Å². The van der Waals surface area contributed by atoms with Gasteiger partial charge in [-0.25, -0.2) is 4.98 Å². The molecule has 4 heteroatoms. The zero-order chi connectivity index (χ0) is 17.6. The van der Waals surface area contributed by atoms with Gasteiger partial charge in [0.15, 0.2) is 0 Å². The molecule has 0 atom stereocenters. The van der Waals surface area contributed by atoms with Gasteiger partial charge in [-0.2, -0.15) is 4.98 Å². The van der Waals surface area contributed by atoms with Crippen LogP contribution in [0.15, 0.2) is 36.4 Å². The SMILES string of the molecule is Cc1cc(NC2CCCCC2)nc(N(Cc2ccccc2)C(C)C)n1. The molecule has 0 spiro atoms. The summed E-state index contributed by atoms with van der Waals surface area (Å²) in [5.74, 6) is 1.78. The van der Waals surface area contributed by atoms with Crippen LogP contribution < -0.4 is 10.2 Å².